The number of carbonyl (C=O) groups excluding carboxylic acids is 3. The molecule has 0 aliphatic carbocycles. The van der Waals surface area contributed by atoms with E-state index in [-0.39, 0.29) is 11.5 Å². The number of aryl methyl sites for hydroxylation is 3. The van der Waals surface area contributed by atoms with E-state index in [2.05, 4.69) is 5.10 Å². The topological polar surface area (TPSA) is 90.7 Å². The van der Waals surface area contributed by atoms with Gasteiger partial charge >= 0.3 is 5.97 Å². The molecular formula is C20H23N3O5. The Bertz CT molecular complexity index is 948. The van der Waals surface area contributed by atoms with Gasteiger partial charge in [-0.15, -0.1) is 0 Å². The predicted octanol–water partition coefficient (Wildman–Crippen LogP) is 1.75. The SMILES string of the molecule is COc1ccc2c(c1)CCCN2C(=O)COC(=O)C(=O)c1c(C)nn(C)c1C. The summed E-state index contributed by atoms with van der Waals surface area (Å²) in [7, 11) is 3.28. The first-order chi connectivity index (χ1) is 13.3. The Morgan fingerprint density at radius 3 is 2.61 bits per heavy atom. The molecule has 1 aliphatic rings. The first-order valence-corrected chi connectivity index (χ1v) is 9.02. The molecule has 8 nitrogen and oxygen atoms in total. The number of ketones is 1. The van der Waals surface area contributed by atoms with Crippen LogP contribution < -0.4 is 9.64 Å². The number of aromatic nitrogens is 2. The molecule has 3 rings (SSSR count). The number of amides is 1. The number of anilines is 1. The zero-order valence-electron chi connectivity index (χ0n) is 16.4. The number of rotatable bonds is 5. The Morgan fingerprint density at radius 1 is 1.21 bits per heavy atom. The smallest absolute Gasteiger partial charge is 0.380 e. The fraction of sp³-hybridized carbons (Fsp3) is 0.400. The van der Waals surface area contributed by atoms with Crippen LogP contribution in [0.1, 0.15) is 33.7 Å². The fourth-order valence-corrected chi connectivity index (χ4v) is 3.43. The van der Waals surface area contributed by atoms with Crippen molar-refractivity contribution in [3.05, 3.63) is 40.7 Å². The van der Waals surface area contributed by atoms with Crippen molar-refractivity contribution in [1.82, 2.24) is 9.78 Å². The van der Waals surface area contributed by atoms with E-state index in [4.69, 9.17) is 9.47 Å². The predicted molar refractivity (Wildman–Crippen MR) is 102 cm³/mol. The number of methoxy groups -OCH3 is 1. The van der Waals surface area contributed by atoms with Crippen molar-refractivity contribution >= 4 is 23.3 Å². The maximum atomic E-state index is 12.6. The second-order valence-electron chi connectivity index (χ2n) is 6.72. The van der Waals surface area contributed by atoms with Gasteiger partial charge in [-0.1, -0.05) is 0 Å². The zero-order chi connectivity index (χ0) is 20.4. The van der Waals surface area contributed by atoms with Crippen LogP contribution in [0.4, 0.5) is 5.69 Å². The Kier molecular flexibility index (Phi) is 5.48. The van der Waals surface area contributed by atoms with Crippen LogP contribution in [0.2, 0.25) is 0 Å². The molecule has 28 heavy (non-hydrogen) atoms. The summed E-state index contributed by atoms with van der Waals surface area (Å²) in [6.07, 6.45) is 1.64. The highest BCUT2D eigenvalue weighted by atomic mass is 16.5. The third-order valence-corrected chi connectivity index (χ3v) is 4.95. The van der Waals surface area contributed by atoms with Gasteiger partial charge in [-0.25, -0.2) is 4.79 Å². The average Bonchev–Trinajstić information content (AvgIpc) is 2.95. The molecule has 1 aliphatic heterocycles. The summed E-state index contributed by atoms with van der Waals surface area (Å²) < 4.78 is 11.8. The number of hydrogen-bond donors (Lipinski definition) is 0. The van der Waals surface area contributed by atoms with Crippen LogP contribution in [0, 0.1) is 13.8 Å². The van der Waals surface area contributed by atoms with Crippen LogP contribution >= 0.6 is 0 Å². The Hall–Kier alpha value is -3.16. The van der Waals surface area contributed by atoms with E-state index in [1.165, 1.54) is 4.68 Å². The lowest BCUT2D eigenvalue weighted by Gasteiger charge is -2.29. The van der Waals surface area contributed by atoms with Crippen molar-refractivity contribution in [2.75, 3.05) is 25.2 Å². The van der Waals surface area contributed by atoms with Gasteiger partial charge in [-0.3, -0.25) is 14.3 Å². The zero-order valence-corrected chi connectivity index (χ0v) is 16.4. The van der Waals surface area contributed by atoms with Gasteiger partial charge in [0, 0.05) is 25.0 Å². The van der Waals surface area contributed by atoms with E-state index < -0.39 is 18.4 Å². The minimum absolute atomic E-state index is 0.218. The fourth-order valence-electron chi connectivity index (χ4n) is 3.43. The molecular weight excluding hydrogens is 362 g/mol. The quantitative estimate of drug-likeness (QED) is 0.442. The molecule has 0 saturated heterocycles. The lowest BCUT2D eigenvalue weighted by molar-refractivity contribution is -0.143. The summed E-state index contributed by atoms with van der Waals surface area (Å²) in [6, 6.07) is 5.51. The largest absolute Gasteiger partial charge is 0.497 e. The third kappa shape index (κ3) is 3.62. The van der Waals surface area contributed by atoms with E-state index in [0.717, 1.165) is 29.8 Å². The average molecular weight is 385 g/mol. The van der Waals surface area contributed by atoms with Gasteiger partial charge in [-0.2, -0.15) is 5.10 Å². The van der Waals surface area contributed by atoms with E-state index >= 15 is 0 Å². The van der Waals surface area contributed by atoms with Crippen LogP contribution in [0.3, 0.4) is 0 Å². The molecule has 0 fully saturated rings. The maximum absolute atomic E-state index is 12.6. The molecule has 1 amide bonds. The van der Waals surface area contributed by atoms with Gasteiger partial charge in [0.1, 0.15) is 5.75 Å². The van der Waals surface area contributed by atoms with Crippen LogP contribution in [-0.4, -0.2) is 47.7 Å². The number of ether oxygens (including phenoxy) is 2. The van der Waals surface area contributed by atoms with Gasteiger partial charge in [-0.05, 0) is 50.5 Å². The monoisotopic (exact) mass is 385 g/mol. The Labute approximate surface area is 163 Å². The van der Waals surface area contributed by atoms with Crippen LogP contribution in [0.15, 0.2) is 18.2 Å². The number of Topliss-reactive ketones (excluding diaryl/α,β-unsaturated/α-hetero) is 1. The van der Waals surface area contributed by atoms with Crippen LogP contribution in [0.5, 0.6) is 5.75 Å². The van der Waals surface area contributed by atoms with E-state index in [9.17, 15) is 14.4 Å². The number of hydrogen-bond acceptors (Lipinski definition) is 6. The van der Waals surface area contributed by atoms with Crippen LogP contribution in [0.25, 0.3) is 0 Å². The van der Waals surface area contributed by atoms with Crippen LogP contribution in [-0.2, 0) is 27.8 Å². The Morgan fingerprint density at radius 2 is 1.96 bits per heavy atom. The van der Waals surface area contributed by atoms with Crippen molar-refractivity contribution < 1.29 is 23.9 Å². The second kappa shape index (κ2) is 7.84. The normalized spacial score (nSPS) is 13.1. The number of fused-ring (bicyclic) bond motifs is 1. The van der Waals surface area contributed by atoms with Gasteiger partial charge in [0.25, 0.3) is 11.7 Å². The summed E-state index contributed by atoms with van der Waals surface area (Å²) in [6.45, 7) is 3.39. The van der Waals surface area contributed by atoms with Crippen molar-refractivity contribution in [3.63, 3.8) is 0 Å². The third-order valence-electron chi connectivity index (χ3n) is 4.95. The van der Waals surface area contributed by atoms with Crippen molar-refractivity contribution in [2.45, 2.75) is 26.7 Å². The highest BCUT2D eigenvalue weighted by Gasteiger charge is 2.28. The van der Waals surface area contributed by atoms with E-state index in [1.807, 2.05) is 12.1 Å². The van der Waals surface area contributed by atoms with E-state index in [0.29, 0.717) is 17.9 Å². The highest BCUT2D eigenvalue weighted by Crippen LogP contribution is 2.30. The van der Waals surface area contributed by atoms with Gasteiger partial charge in [0.2, 0.25) is 0 Å². The molecule has 2 heterocycles. The molecule has 0 unspecified atom stereocenters. The molecule has 0 bridgehead atoms. The van der Waals surface area contributed by atoms with Crippen molar-refractivity contribution in [1.29, 1.82) is 0 Å². The Balaban J connectivity index is 1.68. The maximum Gasteiger partial charge on any atom is 0.380 e. The molecule has 0 atom stereocenters. The molecule has 0 radical (unpaired) electrons. The van der Waals surface area contributed by atoms with Crippen molar-refractivity contribution in [3.8, 4) is 5.75 Å². The van der Waals surface area contributed by atoms with E-state index in [1.54, 1.807) is 39.0 Å². The summed E-state index contributed by atoms with van der Waals surface area (Å²) in [4.78, 5) is 38.8. The number of carbonyl (C=O) groups is 3. The lowest BCUT2D eigenvalue weighted by atomic mass is 10.0. The second-order valence-corrected chi connectivity index (χ2v) is 6.72. The number of esters is 1. The molecule has 148 valence electrons. The molecule has 0 spiro atoms. The summed E-state index contributed by atoms with van der Waals surface area (Å²) >= 11 is 0. The standard InChI is InChI=1S/C20H23N3O5/c1-12-18(13(2)22(3)21-12)19(25)20(26)28-11-17(24)23-9-5-6-14-10-15(27-4)7-8-16(14)23/h7-8,10H,5-6,9,11H2,1-4H3. The molecule has 2 aromatic rings. The van der Waals surface area contributed by atoms with Gasteiger partial charge < -0.3 is 14.4 Å². The highest BCUT2D eigenvalue weighted by molar-refractivity contribution is 6.41. The van der Waals surface area contributed by atoms with Crippen molar-refractivity contribution in [2.24, 2.45) is 7.05 Å². The molecule has 1 aromatic carbocycles. The first-order valence-electron chi connectivity index (χ1n) is 9.02. The summed E-state index contributed by atoms with van der Waals surface area (Å²) in [5.74, 6) is -1.49. The number of nitrogens with zero attached hydrogens (tertiary/aromatic N) is 3. The van der Waals surface area contributed by atoms with Gasteiger partial charge in [0.05, 0.1) is 18.4 Å². The molecule has 8 heteroatoms. The molecule has 0 N–H and O–H groups in total. The summed E-state index contributed by atoms with van der Waals surface area (Å²) in [5, 5.41) is 4.12. The molecule has 0 saturated carbocycles. The first kappa shape index (κ1) is 19.6. The number of benzene rings is 1. The minimum Gasteiger partial charge on any atom is -0.497 e. The van der Waals surface area contributed by atoms with Gasteiger partial charge in [0.15, 0.2) is 6.61 Å². The summed E-state index contributed by atoms with van der Waals surface area (Å²) in [5.41, 5.74) is 3.02. The lowest BCUT2D eigenvalue weighted by Crippen LogP contribution is -2.39. The molecule has 1 aromatic heterocycles. The minimum atomic E-state index is -1.06.